The highest BCUT2D eigenvalue weighted by atomic mass is 32.2. The Morgan fingerprint density at radius 2 is 1.61 bits per heavy atom. The van der Waals surface area contributed by atoms with Crippen LogP contribution in [0, 0.1) is 5.92 Å². The van der Waals surface area contributed by atoms with Crippen molar-refractivity contribution in [2.45, 2.75) is 43.9 Å². The van der Waals surface area contributed by atoms with Crippen molar-refractivity contribution >= 4 is 52.9 Å². The molecular formula is C22H30N4O5S2. The first-order chi connectivity index (χ1) is 15.7. The van der Waals surface area contributed by atoms with Gasteiger partial charge in [0.25, 0.3) is 0 Å². The number of ketones is 1. The van der Waals surface area contributed by atoms with Gasteiger partial charge in [-0.15, -0.1) is 0 Å². The molecule has 2 rings (SSSR count). The summed E-state index contributed by atoms with van der Waals surface area (Å²) in [6.45, 7) is 2.75. The summed E-state index contributed by atoms with van der Waals surface area (Å²) in [5, 5.41) is 7.59. The number of amides is 4. The van der Waals surface area contributed by atoms with Crippen molar-refractivity contribution in [3.8, 4) is 0 Å². The van der Waals surface area contributed by atoms with Crippen molar-refractivity contribution in [3.05, 3.63) is 35.4 Å². The summed E-state index contributed by atoms with van der Waals surface area (Å²) in [6, 6.07) is 6.10. The smallest absolute Gasteiger partial charge is 0.243 e. The fourth-order valence-corrected chi connectivity index (χ4v) is 5.37. The fraction of sp³-hybridized carbons (Fsp3) is 0.500. The zero-order valence-electron chi connectivity index (χ0n) is 18.7. The molecule has 0 spiro atoms. The van der Waals surface area contributed by atoms with Crippen molar-refractivity contribution in [1.29, 1.82) is 0 Å². The molecule has 0 radical (unpaired) electrons. The van der Waals surface area contributed by atoms with Crippen LogP contribution in [0.15, 0.2) is 24.3 Å². The predicted molar refractivity (Wildman–Crippen MR) is 129 cm³/mol. The molecule has 9 nitrogen and oxygen atoms in total. The number of rotatable bonds is 3. The van der Waals surface area contributed by atoms with Crippen molar-refractivity contribution in [1.82, 2.24) is 16.0 Å². The lowest BCUT2D eigenvalue weighted by atomic mass is 10.1. The minimum absolute atomic E-state index is 0.187. The van der Waals surface area contributed by atoms with Crippen LogP contribution in [0.2, 0.25) is 0 Å². The van der Waals surface area contributed by atoms with E-state index in [1.165, 1.54) is 18.7 Å². The molecule has 5 N–H and O–H groups in total. The van der Waals surface area contributed by atoms with E-state index in [0.717, 1.165) is 11.1 Å². The van der Waals surface area contributed by atoms with Crippen LogP contribution < -0.4 is 21.7 Å². The van der Waals surface area contributed by atoms with E-state index in [4.69, 9.17) is 5.73 Å². The SMILES string of the molecule is CC(=O)[C@H]1CSCc2ccccc2CSC[C@@H](C)C(=O)NC(CC(N)=O)C(=O)NCC(=O)N1. The summed E-state index contributed by atoms with van der Waals surface area (Å²) in [7, 11) is 0. The van der Waals surface area contributed by atoms with Gasteiger partial charge in [0.05, 0.1) is 19.0 Å². The van der Waals surface area contributed by atoms with E-state index >= 15 is 0 Å². The van der Waals surface area contributed by atoms with Gasteiger partial charge in [0, 0.05) is 28.9 Å². The molecule has 0 saturated heterocycles. The first kappa shape index (κ1) is 26.7. The molecule has 180 valence electrons. The standard InChI is InChI=1S/C22H30N4O5S2/c1-13-9-32-10-15-5-3-4-6-16(15)11-33-12-18(14(2)27)25-20(29)8-24-22(31)17(7-19(23)28)26-21(13)30/h3-6,13,17-18H,7-12H2,1-2H3,(H2,23,28)(H,24,31)(H,25,29)(H,26,30)/t13-,17?,18-/m1/s1. The Morgan fingerprint density at radius 3 is 2.18 bits per heavy atom. The number of hydrogen-bond donors (Lipinski definition) is 4. The third-order valence-corrected chi connectivity index (χ3v) is 7.36. The quantitative estimate of drug-likeness (QED) is 0.474. The zero-order chi connectivity index (χ0) is 24.4. The molecule has 1 aliphatic rings. The molecule has 3 atom stereocenters. The van der Waals surface area contributed by atoms with Gasteiger partial charge in [-0.3, -0.25) is 24.0 Å². The Balaban J connectivity index is 2.21. The molecule has 0 bridgehead atoms. The van der Waals surface area contributed by atoms with Gasteiger partial charge in [-0.2, -0.15) is 23.5 Å². The lowest BCUT2D eigenvalue weighted by molar-refractivity contribution is -0.133. The van der Waals surface area contributed by atoms with Gasteiger partial charge in [0.15, 0.2) is 5.78 Å². The highest BCUT2D eigenvalue weighted by Gasteiger charge is 2.26. The number of hydrogen-bond acceptors (Lipinski definition) is 7. The van der Waals surface area contributed by atoms with Gasteiger partial charge in [-0.1, -0.05) is 31.2 Å². The van der Waals surface area contributed by atoms with E-state index in [1.54, 1.807) is 18.7 Å². The second-order valence-electron chi connectivity index (χ2n) is 7.88. The number of fused-ring (bicyclic) bond motifs is 1. The van der Waals surface area contributed by atoms with Crippen LogP contribution in [0.1, 0.15) is 31.4 Å². The second kappa shape index (κ2) is 13.2. The Morgan fingerprint density at radius 1 is 1.00 bits per heavy atom. The summed E-state index contributed by atoms with van der Waals surface area (Å²) in [4.78, 5) is 60.8. The maximum Gasteiger partial charge on any atom is 0.243 e. The number of nitrogens with one attached hydrogen (secondary N) is 3. The van der Waals surface area contributed by atoms with Gasteiger partial charge >= 0.3 is 0 Å². The van der Waals surface area contributed by atoms with Gasteiger partial charge in [0.1, 0.15) is 6.04 Å². The van der Waals surface area contributed by atoms with E-state index in [9.17, 15) is 24.0 Å². The molecule has 0 aromatic heterocycles. The van der Waals surface area contributed by atoms with Crippen LogP contribution in [0.25, 0.3) is 0 Å². The first-order valence-corrected chi connectivity index (χ1v) is 12.9. The van der Waals surface area contributed by atoms with Crippen LogP contribution >= 0.6 is 23.5 Å². The number of primary amides is 1. The molecule has 33 heavy (non-hydrogen) atoms. The van der Waals surface area contributed by atoms with Gasteiger partial charge in [-0.25, -0.2) is 0 Å². The van der Waals surface area contributed by atoms with E-state index in [0.29, 0.717) is 23.0 Å². The topological polar surface area (TPSA) is 147 Å². The maximum absolute atomic E-state index is 12.6. The van der Waals surface area contributed by atoms with Crippen molar-refractivity contribution in [3.63, 3.8) is 0 Å². The highest BCUT2D eigenvalue weighted by Crippen LogP contribution is 2.23. The number of thioether (sulfide) groups is 2. The van der Waals surface area contributed by atoms with Crippen molar-refractivity contribution in [2.75, 3.05) is 18.1 Å². The summed E-state index contributed by atoms with van der Waals surface area (Å²) in [6.07, 6.45) is -0.390. The van der Waals surface area contributed by atoms with E-state index < -0.39 is 42.3 Å². The lowest BCUT2D eigenvalue weighted by Crippen LogP contribution is -2.52. The van der Waals surface area contributed by atoms with Gasteiger partial charge in [0.2, 0.25) is 23.6 Å². The molecule has 1 heterocycles. The molecule has 1 aromatic rings. The number of nitrogens with two attached hydrogens (primary N) is 1. The Kier molecular flexibility index (Phi) is 10.7. The molecule has 0 saturated carbocycles. The molecule has 1 aromatic carbocycles. The second-order valence-corrected chi connectivity index (χ2v) is 9.94. The molecule has 0 fully saturated rings. The normalized spacial score (nSPS) is 23.7. The van der Waals surface area contributed by atoms with Crippen LogP contribution in [-0.2, 0) is 35.5 Å². The minimum Gasteiger partial charge on any atom is -0.370 e. The van der Waals surface area contributed by atoms with Crippen LogP contribution in [0.5, 0.6) is 0 Å². The number of carbonyl (C=O) groups is 5. The number of benzene rings is 1. The predicted octanol–water partition coefficient (Wildman–Crippen LogP) is 0.353. The monoisotopic (exact) mass is 494 g/mol. The molecule has 11 heteroatoms. The number of Topliss-reactive ketones (excluding diaryl/α,β-unsaturated/α-hetero) is 1. The highest BCUT2D eigenvalue weighted by molar-refractivity contribution is 7.98. The largest absolute Gasteiger partial charge is 0.370 e. The summed E-state index contributed by atoms with van der Waals surface area (Å²) < 4.78 is 0. The first-order valence-electron chi connectivity index (χ1n) is 10.6. The van der Waals surface area contributed by atoms with Crippen LogP contribution in [0.4, 0.5) is 0 Å². The summed E-state index contributed by atoms with van der Waals surface area (Å²) >= 11 is 3.14. The van der Waals surface area contributed by atoms with E-state index in [1.807, 2.05) is 24.3 Å². The molecule has 1 aliphatic heterocycles. The van der Waals surface area contributed by atoms with Gasteiger partial charge < -0.3 is 21.7 Å². The van der Waals surface area contributed by atoms with Crippen LogP contribution in [0.3, 0.4) is 0 Å². The average molecular weight is 495 g/mol. The van der Waals surface area contributed by atoms with Crippen LogP contribution in [-0.4, -0.2) is 59.5 Å². The summed E-state index contributed by atoms with van der Waals surface area (Å²) in [5.41, 5.74) is 7.50. The Hall–Kier alpha value is -2.53. The van der Waals surface area contributed by atoms with E-state index in [-0.39, 0.29) is 18.1 Å². The minimum atomic E-state index is -1.19. The Bertz CT molecular complexity index is 895. The summed E-state index contributed by atoms with van der Waals surface area (Å²) in [5.74, 6) is -0.665. The molecule has 1 unspecified atom stereocenters. The molecule has 0 aliphatic carbocycles. The van der Waals surface area contributed by atoms with Crippen molar-refractivity contribution in [2.24, 2.45) is 11.7 Å². The molecule has 4 amide bonds. The zero-order valence-corrected chi connectivity index (χ0v) is 20.4. The van der Waals surface area contributed by atoms with E-state index in [2.05, 4.69) is 16.0 Å². The van der Waals surface area contributed by atoms with Gasteiger partial charge in [-0.05, 0) is 18.1 Å². The number of carbonyl (C=O) groups excluding carboxylic acids is 5. The molecular weight excluding hydrogens is 464 g/mol. The fourth-order valence-electron chi connectivity index (χ4n) is 3.07. The lowest BCUT2D eigenvalue weighted by Gasteiger charge is -2.21. The Labute approximate surface area is 201 Å². The average Bonchev–Trinajstić information content (AvgIpc) is 2.76. The maximum atomic E-state index is 12.6. The third-order valence-electron chi connectivity index (χ3n) is 5.02. The third kappa shape index (κ3) is 9.09. The van der Waals surface area contributed by atoms with Crippen molar-refractivity contribution < 1.29 is 24.0 Å².